The quantitative estimate of drug-likeness (QED) is 0.463. The number of hydrogen-bond acceptors (Lipinski definition) is 7. The number of nitriles is 1. The Labute approximate surface area is 258 Å². The maximum Gasteiger partial charge on any atom is 0.407 e. The first-order chi connectivity index (χ1) is 21.2. The van der Waals surface area contributed by atoms with Gasteiger partial charge in [0, 0.05) is 43.8 Å². The summed E-state index contributed by atoms with van der Waals surface area (Å²) in [6.45, 7) is 2.05. The van der Waals surface area contributed by atoms with E-state index in [1.54, 1.807) is 24.3 Å². The summed E-state index contributed by atoms with van der Waals surface area (Å²) in [4.78, 5) is 29.9. The van der Waals surface area contributed by atoms with E-state index in [1.165, 1.54) is 19.2 Å². The number of rotatable bonds is 8. The fraction of sp³-hybridized carbons (Fsp3) is 0.545. The standard InChI is InChI=1S/C33H39FN4O5S/c1-43-32(40)36-30-10-4-9-29(30)33(21-35,24-5-2-6-25(34)17-24)23-13-15-37(16-14-23)31(39)22-19-38(20-22)26-7-3-8-28(18-26)44(41,42)27-11-12-27/h2-3,5-8,17-18,22-23,27,29-30H,4,9-16,19-20H2,1H3,(H,36,40)/t29-,30-,33-/m0/s1. The predicted octanol–water partition coefficient (Wildman–Crippen LogP) is 4.42. The number of nitrogens with one attached hydrogen (secondary N) is 1. The second kappa shape index (κ2) is 12.0. The summed E-state index contributed by atoms with van der Waals surface area (Å²) in [6, 6.07) is 15.6. The summed E-state index contributed by atoms with van der Waals surface area (Å²) in [6.07, 6.45) is 4.34. The molecule has 2 saturated carbocycles. The van der Waals surface area contributed by atoms with Crippen molar-refractivity contribution in [1.29, 1.82) is 5.26 Å². The van der Waals surface area contributed by atoms with E-state index in [0.29, 0.717) is 68.7 Å². The molecule has 2 saturated heterocycles. The van der Waals surface area contributed by atoms with Crippen molar-refractivity contribution in [2.75, 3.05) is 38.2 Å². The summed E-state index contributed by atoms with van der Waals surface area (Å²) in [7, 11) is -1.97. The van der Waals surface area contributed by atoms with Crippen LogP contribution in [-0.4, -0.2) is 69.9 Å². The van der Waals surface area contributed by atoms with E-state index < -0.39 is 27.2 Å². The van der Waals surface area contributed by atoms with Crippen LogP contribution >= 0.6 is 0 Å². The lowest BCUT2D eigenvalue weighted by atomic mass is 9.59. The summed E-state index contributed by atoms with van der Waals surface area (Å²) >= 11 is 0. The van der Waals surface area contributed by atoms with E-state index in [-0.39, 0.29) is 35.0 Å². The molecule has 0 unspecified atom stereocenters. The number of hydrogen-bond donors (Lipinski definition) is 1. The number of piperidine rings is 1. The maximum atomic E-state index is 14.5. The largest absolute Gasteiger partial charge is 0.453 e. The number of anilines is 1. The number of methoxy groups -OCH3 is 1. The third kappa shape index (κ3) is 5.53. The summed E-state index contributed by atoms with van der Waals surface area (Å²) in [5.41, 5.74) is 0.405. The van der Waals surface area contributed by atoms with E-state index in [2.05, 4.69) is 11.4 Å². The van der Waals surface area contributed by atoms with Crippen LogP contribution in [0.25, 0.3) is 0 Å². The molecule has 2 amide bonds. The Morgan fingerprint density at radius 3 is 2.41 bits per heavy atom. The van der Waals surface area contributed by atoms with Gasteiger partial charge in [-0.05, 0) is 80.3 Å². The molecular weight excluding hydrogens is 583 g/mol. The normalized spacial score (nSPS) is 24.2. The fourth-order valence-corrected chi connectivity index (χ4v) is 9.41. The van der Waals surface area contributed by atoms with Crippen molar-refractivity contribution in [3.05, 3.63) is 59.9 Å². The number of halogens is 1. The van der Waals surface area contributed by atoms with Crippen LogP contribution in [-0.2, 0) is 24.8 Å². The lowest BCUT2D eigenvalue weighted by molar-refractivity contribution is -0.138. The van der Waals surface area contributed by atoms with Crippen LogP contribution in [0.15, 0.2) is 53.4 Å². The third-order valence-corrected chi connectivity index (χ3v) is 12.5. The number of ether oxygens (including phenoxy) is 1. The molecule has 2 aliphatic heterocycles. The Morgan fingerprint density at radius 1 is 1.02 bits per heavy atom. The van der Waals surface area contributed by atoms with Crippen molar-refractivity contribution >= 4 is 27.5 Å². The van der Waals surface area contributed by atoms with Crippen LogP contribution in [0.5, 0.6) is 0 Å². The molecule has 3 atom stereocenters. The molecule has 0 aromatic heterocycles. The average Bonchev–Trinajstić information content (AvgIpc) is 3.78. The van der Waals surface area contributed by atoms with E-state index in [4.69, 9.17) is 4.74 Å². The number of nitrogens with zero attached hydrogens (tertiary/aromatic N) is 3. The van der Waals surface area contributed by atoms with Crippen molar-refractivity contribution in [1.82, 2.24) is 10.2 Å². The summed E-state index contributed by atoms with van der Waals surface area (Å²) < 4.78 is 44.8. The lowest BCUT2D eigenvalue weighted by Crippen LogP contribution is -2.57. The molecule has 0 bridgehead atoms. The van der Waals surface area contributed by atoms with Crippen molar-refractivity contribution in [2.45, 2.75) is 66.5 Å². The molecule has 2 aromatic rings. The molecular formula is C33H39FN4O5S. The van der Waals surface area contributed by atoms with Crippen molar-refractivity contribution in [3.63, 3.8) is 0 Å². The lowest BCUT2D eigenvalue weighted by Gasteiger charge is -2.47. The molecule has 4 aliphatic rings. The molecule has 2 heterocycles. The first kappa shape index (κ1) is 30.4. The van der Waals surface area contributed by atoms with Crippen molar-refractivity contribution < 1.29 is 27.1 Å². The van der Waals surface area contributed by atoms with Crippen LogP contribution in [0, 0.1) is 34.9 Å². The number of carbonyl (C=O) groups is 2. The van der Waals surface area contributed by atoms with Crippen LogP contribution < -0.4 is 10.2 Å². The van der Waals surface area contributed by atoms with Crippen LogP contribution in [0.3, 0.4) is 0 Å². The number of likely N-dealkylation sites (tertiary alicyclic amines) is 1. The highest BCUT2D eigenvalue weighted by atomic mass is 32.2. The molecule has 2 aliphatic carbocycles. The zero-order chi connectivity index (χ0) is 31.1. The molecule has 0 radical (unpaired) electrons. The van der Waals surface area contributed by atoms with Gasteiger partial charge in [-0.25, -0.2) is 17.6 Å². The monoisotopic (exact) mass is 622 g/mol. The molecule has 234 valence electrons. The SMILES string of the molecule is COC(=O)N[C@H]1CCC[C@@H]1[C@](C#N)(c1cccc(F)c1)C1CCN(C(=O)C2CN(c3cccc(S(=O)(=O)C4CC4)c3)C2)CC1. The van der Waals surface area contributed by atoms with Gasteiger partial charge in [0.25, 0.3) is 0 Å². The highest BCUT2D eigenvalue weighted by Crippen LogP contribution is 2.50. The molecule has 2 aromatic carbocycles. The van der Waals surface area contributed by atoms with Crippen molar-refractivity contribution in [2.24, 2.45) is 17.8 Å². The smallest absolute Gasteiger partial charge is 0.407 e. The highest BCUT2D eigenvalue weighted by molar-refractivity contribution is 7.92. The maximum absolute atomic E-state index is 14.5. The minimum Gasteiger partial charge on any atom is -0.453 e. The molecule has 0 spiro atoms. The van der Waals surface area contributed by atoms with E-state index in [1.807, 2.05) is 21.9 Å². The van der Waals surface area contributed by atoms with Gasteiger partial charge in [0.05, 0.1) is 34.7 Å². The number of sulfone groups is 1. The van der Waals surface area contributed by atoms with Gasteiger partial charge in [-0.2, -0.15) is 5.26 Å². The Morgan fingerprint density at radius 2 is 1.75 bits per heavy atom. The number of amides is 2. The van der Waals surface area contributed by atoms with Gasteiger partial charge in [-0.1, -0.05) is 24.6 Å². The number of benzene rings is 2. The van der Waals surface area contributed by atoms with E-state index >= 15 is 0 Å². The molecule has 11 heteroatoms. The second-order valence-electron chi connectivity index (χ2n) is 12.7. The molecule has 9 nitrogen and oxygen atoms in total. The molecule has 1 N–H and O–H groups in total. The van der Waals surface area contributed by atoms with Gasteiger partial charge in [-0.3, -0.25) is 4.79 Å². The first-order valence-corrected chi connectivity index (χ1v) is 17.1. The van der Waals surface area contributed by atoms with Gasteiger partial charge >= 0.3 is 6.09 Å². The Balaban J connectivity index is 1.14. The van der Waals surface area contributed by atoms with Crippen molar-refractivity contribution in [3.8, 4) is 6.07 Å². The Kier molecular flexibility index (Phi) is 8.31. The van der Waals surface area contributed by atoms with Crippen LogP contribution in [0.4, 0.5) is 14.9 Å². The fourth-order valence-electron chi connectivity index (χ4n) is 7.71. The van der Waals surface area contributed by atoms with E-state index in [0.717, 1.165) is 18.5 Å². The summed E-state index contributed by atoms with van der Waals surface area (Å²) in [5.74, 6) is -0.864. The zero-order valence-electron chi connectivity index (χ0n) is 25.0. The van der Waals surface area contributed by atoms with Gasteiger partial charge < -0.3 is 19.9 Å². The average molecular weight is 623 g/mol. The molecule has 44 heavy (non-hydrogen) atoms. The number of alkyl carbamates (subject to hydrolysis) is 1. The first-order valence-electron chi connectivity index (χ1n) is 15.6. The van der Waals surface area contributed by atoms with Gasteiger partial charge in [0.15, 0.2) is 9.84 Å². The highest BCUT2D eigenvalue weighted by Gasteiger charge is 2.53. The van der Waals surface area contributed by atoms with Gasteiger partial charge in [0.2, 0.25) is 5.91 Å². The third-order valence-electron chi connectivity index (χ3n) is 10.2. The predicted molar refractivity (Wildman–Crippen MR) is 162 cm³/mol. The van der Waals surface area contributed by atoms with Gasteiger partial charge in [0.1, 0.15) is 5.82 Å². The second-order valence-corrected chi connectivity index (χ2v) is 14.9. The van der Waals surface area contributed by atoms with Crippen LogP contribution in [0.2, 0.25) is 0 Å². The Bertz CT molecular complexity index is 1560. The summed E-state index contributed by atoms with van der Waals surface area (Å²) in [5, 5.41) is 13.5. The zero-order valence-corrected chi connectivity index (χ0v) is 25.8. The van der Waals surface area contributed by atoms with Crippen LogP contribution in [0.1, 0.15) is 50.5 Å². The number of carbonyl (C=O) groups excluding carboxylic acids is 2. The van der Waals surface area contributed by atoms with Gasteiger partial charge in [-0.15, -0.1) is 0 Å². The molecule has 4 fully saturated rings. The van der Waals surface area contributed by atoms with E-state index in [9.17, 15) is 27.7 Å². The topological polar surface area (TPSA) is 120 Å². The minimum atomic E-state index is -3.28. The molecule has 6 rings (SSSR count). The Hall–Kier alpha value is -3.65. The minimum absolute atomic E-state index is 0.0703.